The van der Waals surface area contributed by atoms with Gasteiger partial charge < -0.3 is 19.9 Å². The van der Waals surface area contributed by atoms with Gasteiger partial charge in [0.05, 0.1) is 18.1 Å². The molecule has 0 saturated heterocycles. The van der Waals surface area contributed by atoms with Gasteiger partial charge in [-0.2, -0.15) is 4.98 Å². The minimum absolute atomic E-state index is 0.0180. The predicted octanol–water partition coefficient (Wildman–Crippen LogP) is 1.54. The molecule has 0 aromatic carbocycles. The molecular formula is C18H22FN7O2. The molecule has 1 aliphatic carbocycles. The van der Waals surface area contributed by atoms with E-state index in [0.29, 0.717) is 5.95 Å². The van der Waals surface area contributed by atoms with Crippen molar-refractivity contribution in [2.24, 2.45) is 0 Å². The summed E-state index contributed by atoms with van der Waals surface area (Å²) in [6.45, 7) is 3.73. The maximum Gasteiger partial charge on any atom is 0.316 e. The molecule has 0 radical (unpaired) electrons. The number of fused-ring (bicyclic) bond motifs is 1. The van der Waals surface area contributed by atoms with Crippen LogP contribution in [0, 0.1) is 12.7 Å². The zero-order valence-electron chi connectivity index (χ0n) is 16.2. The number of likely N-dealkylation sites (N-methyl/N-ethyl adjacent to an activating group) is 2. The summed E-state index contributed by atoms with van der Waals surface area (Å²) >= 11 is 0. The zero-order chi connectivity index (χ0) is 20.0. The number of aryl methyl sites for hydroxylation is 1. The first-order chi connectivity index (χ1) is 13.3. The van der Waals surface area contributed by atoms with Gasteiger partial charge in [-0.1, -0.05) is 0 Å². The van der Waals surface area contributed by atoms with Crippen molar-refractivity contribution in [2.45, 2.75) is 44.9 Å². The summed E-state index contributed by atoms with van der Waals surface area (Å²) in [5.74, 6) is 0.785. The Morgan fingerprint density at radius 3 is 2.57 bits per heavy atom. The minimum atomic E-state index is -0.493. The number of hydrogen-bond donors (Lipinski definition) is 1. The van der Waals surface area contributed by atoms with Gasteiger partial charge in [-0.05, 0) is 13.8 Å². The van der Waals surface area contributed by atoms with Crippen molar-refractivity contribution < 1.29 is 13.9 Å². The lowest BCUT2D eigenvalue weighted by molar-refractivity contribution is -0.119. The molecule has 10 heteroatoms. The van der Waals surface area contributed by atoms with E-state index in [0.717, 1.165) is 42.4 Å². The highest BCUT2D eigenvalue weighted by Crippen LogP contribution is 2.36. The summed E-state index contributed by atoms with van der Waals surface area (Å²) in [6.07, 6.45) is 3.61. The number of nitrogens with zero attached hydrogens (tertiary/aromatic N) is 6. The number of carbonyl (C=O) groups excluding carboxylic acids is 1. The highest BCUT2D eigenvalue weighted by molar-refractivity contribution is 6.04. The lowest BCUT2D eigenvalue weighted by atomic mass is 9.89. The Hall–Kier alpha value is -3.04. The quantitative estimate of drug-likeness (QED) is 0.844. The Balaban J connectivity index is 1.42. The zero-order valence-corrected chi connectivity index (χ0v) is 16.2. The smallest absolute Gasteiger partial charge is 0.316 e. The monoisotopic (exact) mass is 387 g/mol. The summed E-state index contributed by atoms with van der Waals surface area (Å²) in [7, 11) is 3.61. The van der Waals surface area contributed by atoms with Crippen LogP contribution in [-0.4, -0.2) is 58.1 Å². The second-order valence-electron chi connectivity index (χ2n) is 7.23. The predicted molar refractivity (Wildman–Crippen MR) is 101 cm³/mol. The summed E-state index contributed by atoms with van der Waals surface area (Å²) < 4.78 is 18.5. The number of anilines is 3. The molecule has 0 unspecified atom stereocenters. The van der Waals surface area contributed by atoms with Gasteiger partial charge >= 0.3 is 6.01 Å². The van der Waals surface area contributed by atoms with Gasteiger partial charge in [0, 0.05) is 33.0 Å². The molecule has 4 rings (SSSR count). The van der Waals surface area contributed by atoms with E-state index in [1.807, 2.05) is 25.8 Å². The molecule has 3 heterocycles. The van der Waals surface area contributed by atoms with Crippen molar-refractivity contribution in [3.63, 3.8) is 0 Å². The van der Waals surface area contributed by atoms with Crippen LogP contribution in [0.4, 0.5) is 21.8 Å². The van der Waals surface area contributed by atoms with E-state index in [2.05, 4.69) is 25.3 Å². The van der Waals surface area contributed by atoms with Crippen molar-refractivity contribution in [1.29, 1.82) is 0 Å². The van der Waals surface area contributed by atoms with E-state index in [1.54, 1.807) is 11.9 Å². The molecular weight excluding hydrogens is 365 g/mol. The molecule has 0 bridgehead atoms. The van der Waals surface area contributed by atoms with Gasteiger partial charge in [-0.25, -0.2) is 19.3 Å². The average Bonchev–Trinajstić information content (AvgIpc) is 2.64. The SMILES string of the molecule is Cc1nc(NC2CC(Oc3ncc(F)cn3)C2)nc2c1N(C)C(=O)[C@H](C)N2C. The first-order valence-electron chi connectivity index (χ1n) is 9.13. The highest BCUT2D eigenvalue weighted by atomic mass is 19.1. The van der Waals surface area contributed by atoms with Crippen LogP contribution in [0.15, 0.2) is 12.4 Å². The van der Waals surface area contributed by atoms with E-state index < -0.39 is 5.82 Å². The third-order valence-corrected chi connectivity index (χ3v) is 5.28. The molecule has 1 atom stereocenters. The molecule has 9 nitrogen and oxygen atoms in total. The van der Waals surface area contributed by atoms with Gasteiger partial charge in [0.15, 0.2) is 11.6 Å². The van der Waals surface area contributed by atoms with Crippen LogP contribution in [0.25, 0.3) is 0 Å². The first-order valence-corrected chi connectivity index (χ1v) is 9.13. The summed E-state index contributed by atoms with van der Waals surface area (Å²) in [6, 6.07) is 0.0551. The summed E-state index contributed by atoms with van der Waals surface area (Å²) in [4.78, 5) is 32.6. The normalized spacial score (nSPS) is 23.9. The molecule has 1 N–H and O–H groups in total. The molecule has 2 aliphatic rings. The number of halogens is 1. The minimum Gasteiger partial charge on any atom is -0.460 e. The van der Waals surface area contributed by atoms with Crippen molar-refractivity contribution in [3.05, 3.63) is 23.9 Å². The lowest BCUT2D eigenvalue weighted by Gasteiger charge is -2.38. The Morgan fingerprint density at radius 2 is 1.89 bits per heavy atom. The fourth-order valence-corrected chi connectivity index (χ4v) is 3.47. The maximum atomic E-state index is 12.8. The molecule has 0 spiro atoms. The molecule has 1 saturated carbocycles. The standard InChI is InChI=1S/C18H22FN7O2/c1-9-14-15(25(3)10(2)16(27)26(14)4)24-17(22-9)23-12-5-13(6-12)28-18-20-7-11(19)8-21-18/h7-8,10,12-13H,5-6H2,1-4H3,(H,22,23,24)/t10-,12?,13?/m0/s1. The van der Waals surface area contributed by atoms with Gasteiger partial charge in [0.25, 0.3) is 0 Å². The molecule has 1 amide bonds. The fourth-order valence-electron chi connectivity index (χ4n) is 3.47. The van der Waals surface area contributed by atoms with Crippen molar-refractivity contribution in [3.8, 4) is 6.01 Å². The van der Waals surface area contributed by atoms with Crippen molar-refractivity contribution in [1.82, 2.24) is 19.9 Å². The van der Waals surface area contributed by atoms with Crippen LogP contribution in [0.2, 0.25) is 0 Å². The van der Waals surface area contributed by atoms with Crippen molar-refractivity contribution in [2.75, 3.05) is 29.2 Å². The second-order valence-corrected chi connectivity index (χ2v) is 7.23. The number of rotatable bonds is 4. The molecule has 28 heavy (non-hydrogen) atoms. The van der Waals surface area contributed by atoms with Crippen molar-refractivity contribution >= 4 is 23.4 Å². The highest BCUT2D eigenvalue weighted by Gasteiger charge is 2.36. The Morgan fingerprint density at radius 1 is 1.21 bits per heavy atom. The average molecular weight is 387 g/mol. The lowest BCUT2D eigenvalue weighted by Crippen LogP contribution is -2.50. The number of nitrogens with one attached hydrogen (secondary N) is 1. The van der Waals surface area contributed by atoms with Crippen LogP contribution in [0.1, 0.15) is 25.5 Å². The van der Waals surface area contributed by atoms with Gasteiger partial charge in [0.1, 0.15) is 17.8 Å². The van der Waals surface area contributed by atoms with Crippen LogP contribution in [0.5, 0.6) is 6.01 Å². The first kappa shape index (κ1) is 18.3. The largest absolute Gasteiger partial charge is 0.460 e. The fraction of sp³-hybridized carbons (Fsp3) is 0.500. The van der Waals surface area contributed by atoms with Gasteiger partial charge in [-0.15, -0.1) is 0 Å². The molecule has 1 aliphatic heterocycles. The van der Waals surface area contributed by atoms with E-state index in [1.165, 1.54) is 0 Å². The van der Waals surface area contributed by atoms with E-state index in [-0.39, 0.29) is 30.1 Å². The Kier molecular flexibility index (Phi) is 4.48. The number of hydrogen-bond acceptors (Lipinski definition) is 8. The summed E-state index contributed by atoms with van der Waals surface area (Å²) in [5, 5.41) is 3.32. The summed E-state index contributed by atoms with van der Waals surface area (Å²) in [5.41, 5.74) is 1.48. The molecule has 1 fully saturated rings. The number of ether oxygens (including phenoxy) is 1. The number of aromatic nitrogens is 4. The van der Waals surface area contributed by atoms with Gasteiger partial charge in [-0.3, -0.25) is 4.79 Å². The van der Waals surface area contributed by atoms with Gasteiger partial charge in [0.2, 0.25) is 11.9 Å². The van der Waals surface area contributed by atoms with Crippen LogP contribution < -0.4 is 19.9 Å². The Bertz CT molecular complexity index is 902. The molecule has 148 valence electrons. The topological polar surface area (TPSA) is 96.4 Å². The third kappa shape index (κ3) is 3.19. The van der Waals surface area contributed by atoms with E-state index in [9.17, 15) is 9.18 Å². The second kappa shape index (κ2) is 6.84. The number of carbonyl (C=O) groups is 1. The van der Waals surface area contributed by atoms with Crippen LogP contribution in [-0.2, 0) is 4.79 Å². The maximum absolute atomic E-state index is 12.8. The van der Waals surface area contributed by atoms with E-state index >= 15 is 0 Å². The number of amides is 1. The molecule has 2 aromatic heterocycles. The third-order valence-electron chi connectivity index (χ3n) is 5.28. The Labute approximate surface area is 162 Å². The molecule has 2 aromatic rings. The van der Waals surface area contributed by atoms with Crippen LogP contribution in [0.3, 0.4) is 0 Å². The van der Waals surface area contributed by atoms with Crippen LogP contribution >= 0.6 is 0 Å². The van der Waals surface area contributed by atoms with E-state index in [4.69, 9.17) is 4.74 Å².